The van der Waals surface area contributed by atoms with Gasteiger partial charge in [-0.2, -0.15) is 0 Å². The minimum absolute atomic E-state index is 0.154. The maximum Gasteiger partial charge on any atom is 0.220 e. The molecular formula is C30H38ClN3O. The van der Waals surface area contributed by atoms with Crippen molar-refractivity contribution >= 4 is 28.4 Å². The molecule has 4 nitrogen and oxygen atoms in total. The molecular weight excluding hydrogens is 454 g/mol. The number of benzene rings is 2. The molecule has 0 bridgehead atoms. The van der Waals surface area contributed by atoms with E-state index >= 15 is 0 Å². The van der Waals surface area contributed by atoms with E-state index in [1.165, 1.54) is 48.6 Å². The SMILES string of the molecule is NC1CCC(NC(=O)CCc2cn(CC3CCCCC3)c3ccc(-c4ccccc4Cl)cc23)CC1. The van der Waals surface area contributed by atoms with Gasteiger partial charge < -0.3 is 15.6 Å². The van der Waals surface area contributed by atoms with Crippen LogP contribution in [0, 0.1) is 5.92 Å². The first-order valence-electron chi connectivity index (χ1n) is 13.5. The summed E-state index contributed by atoms with van der Waals surface area (Å²) in [7, 11) is 0. The van der Waals surface area contributed by atoms with Crippen LogP contribution in [0.5, 0.6) is 0 Å². The van der Waals surface area contributed by atoms with Gasteiger partial charge in [0.2, 0.25) is 5.91 Å². The van der Waals surface area contributed by atoms with Crippen molar-refractivity contribution in [1.29, 1.82) is 0 Å². The van der Waals surface area contributed by atoms with Gasteiger partial charge in [-0.3, -0.25) is 4.79 Å². The zero-order valence-electron chi connectivity index (χ0n) is 20.6. The van der Waals surface area contributed by atoms with E-state index in [1.807, 2.05) is 18.2 Å². The highest BCUT2D eigenvalue weighted by Crippen LogP contribution is 2.34. The molecule has 2 aromatic carbocycles. The second kappa shape index (κ2) is 11.2. The summed E-state index contributed by atoms with van der Waals surface area (Å²) in [6.07, 6.45) is 14.3. The van der Waals surface area contributed by atoms with Crippen LogP contribution in [-0.2, 0) is 17.8 Å². The number of rotatable bonds is 7. The van der Waals surface area contributed by atoms with Gasteiger partial charge in [0, 0.05) is 52.7 Å². The Morgan fingerprint density at radius 1 is 1.00 bits per heavy atom. The number of hydrogen-bond acceptors (Lipinski definition) is 2. The number of hydrogen-bond donors (Lipinski definition) is 2. The molecule has 0 atom stereocenters. The summed E-state index contributed by atoms with van der Waals surface area (Å²) in [5.74, 6) is 0.900. The fourth-order valence-corrected chi connectivity index (χ4v) is 6.29. The first-order chi connectivity index (χ1) is 17.1. The Hall–Kier alpha value is -2.30. The number of carbonyl (C=O) groups is 1. The van der Waals surface area contributed by atoms with Crippen molar-refractivity contribution < 1.29 is 4.79 Å². The van der Waals surface area contributed by atoms with Gasteiger partial charge in [0.25, 0.3) is 0 Å². The largest absolute Gasteiger partial charge is 0.353 e. The van der Waals surface area contributed by atoms with E-state index in [4.69, 9.17) is 17.3 Å². The lowest BCUT2D eigenvalue weighted by molar-refractivity contribution is -0.122. The lowest BCUT2D eigenvalue weighted by atomic mass is 9.89. The number of nitrogens with zero attached hydrogens (tertiary/aromatic N) is 1. The number of fused-ring (bicyclic) bond motifs is 1. The van der Waals surface area contributed by atoms with Crippen molar-refractivity contribution in [3.05, 3.63) is 59.2 Å². The first kappa shape index (κ1) is 24.4. The average Bonchev–Trinajstić information content (AvgIpc) is 3.21. The Kier molecular flexibility index (Phi) is 7.79. The van der Waals surface area contributed by atoms with Gasteiger partial charge in [-0.25, -0.2) is 0 Å². The monoisotopic (exact) mass is 491 g/mol. The van der Waals surface area contributed by atoms with Crippen molar-refractivity contribution in [1.82, 2.24) is 9.88 Å². The molecule has 2 aliphatic rings. The Bertz CT molecular complexity index is 1160. The Balaban J connectivity index is 1.37. The molecule has 186 valence electrons. The quantitative estimate of drug-likeness (QED) is 0.379. The molecule has 3 aromatic rings. The maximum absolute atomic E-state index is 12.8. The van der Waals surface area contributed by atoms with Gasteiger partial charge in [0.15, 0.2) is 0 Å². The number of halogens is 1. The van der Waals surface area contributed by atoms with Gasteiger partial charge in [0.1, 0.15) is 0 Å². The third kappa shape index (κ3) is 5.92. The van der Waals surface area contributed by atoms with Crippen LogP contribution in [0.1, 0.15) is 69.8 Å². The number of amides is 1. The molecule has 0 radical (unpaired) electrons. The van der Waals surface area contributed by atoms with Crippen molar-refractivity contribution in [2.75, 3.05) is 0 Å². The molecule has 0 saturated heterocycles. The summed E-state index contributed by atoms with van der Waals surface area (Å²) >= 11 is 6.52. The van der Waals surface area contributed by atoms with Crippen LogP contribution in [0.2, 0.25) is 5.02 Å². The second-order valence-electron chi connectivity index (χ2n) is 10.7. The molecule has 1 amide bonds. The molecule has 35 heavy (non-hydrogen) atoms. The van der Waals surface area contributed by atoms with E-state index in [9.17, 15) is 4.79 Å². The molecule has 5 rings (SSSR count). The van der Waals surface area contributed by atoms with E-state index in [-0.39, 0.29) is 11.9 Å². The topological polar surface area (TPSA) is 60.0 Å². The summed E-state index contributed by atoms with van der Waals surface area (Å²) in [5.41, 5.74) is 10.7. The molecule has 2 fully saturated rings. The Morgan fingerprint density at radius 3 is 2.54 bits per heavy atom. The van der Waals surface area contributed by atoms with Crippen LogP contribution in [0.15, 0.2) is 48.7 Å². The average molecular weight is 492 g/mol. The highest BCUT2D eigenvalue weighted by Gasteiger charge is 2.21. The van der Waals surface area contributed by atoms with Crippen LogP contribution in [0.4, 0.5) is 0 Å². The van der Waals surface area contributed by atoms with Gasteiger partial charge in [-0.15, -0.1) is 0 Å². The number of nitrogens with two attached hydrogens (primary N) is 1. The summed E-state index contributed by atoms with van der Waals surface area (Å²) in [6.45, 7) is 1.07. The summed E-state index contributed by atoms with van der Waals surface area (Å²) in [6, 6.07) is 15.3. The summed E-state index contributed by atoms with van der Waals surface area (Å²) in [4.78, 5) is 12.8. The zero-order chi connectivity index (χ0) is 24.2. The van der Waals surface area contributed by atoms with Gasteiger partial charge >= 0.3 is 0 Å². The van der Waals surface area contributed by atoms with Crippen LogP contribution in [0.3, 0.4) is 0 Å². The van der Waals surface area contributed by atoms with Gasteiger partial charge in [-0.05, 0) is 80.2 Å². The fourth-order valence-electron chi connectivity index (χ4n) is 6.04. The van der Waals surface area contributed by atoms with Crippen LogP contribution in [0.25, 0.3) is 22.0 Å². The molecule has 2 aliphatic carbocycles. The maximum atomic E-state index is 12.8. The van der Waals surface area contributed by atoms with Gasteiger partial charge in [0.05, 0.1) is 0 Å². The smallest absolute Gasteiger partial charge is 0.220 e. The number of aryl methyl sites for hydroxylation is 1. The fraction of sp³-hybridized carbons (Fsp3) is 0.500. The molecule has 1 aromatic heterocycles. The van der Waals surface area contributed by atoms with Crippen molar-refractivity contribution in [3.8, 4) is 11.1 Å². The molecule has 0 unspecified atom stereocenters. The van der Waals surface area contributed by atoms with Crippen molar-refractivity contribution in [2.45, 2.75) is 89.3 Å². The highest BCUT2D eigenvalue weighted by molar-refractivity contribution is 6.33. The molecule has 3 N–H and O–H groups in total. The van der Waals surface area contributed by atoms with Crippen LogP contribution in [-0.4, -0.2) is 22.6 Å². The lowest BCUT2D eigenvalue weighted by Gasteiger charge is -2.26. The summed E-state index contributed by atoms with van der Waals surface area (Å²) < 4.78 is 2.44. The van der Waals surface area contributed by atoms with Crippen LogP contribution >= 0.6 is 11.6 Å². The lowest BCUT2D eigenvalue weighted by Crippen LogP contribution is -2.40. The number of nitrogens with one attached hydrogen (secondary N) is 1. The van der Waals surface area contributed by atoms with E-state index < -0.39 is 0 Å². The third-order valence-corrected chi connectivity index (χ3v) is 8.42. The highest BCUT2D eigenvalue weighted by atomic mass is 35.5. The predicted octanol–water partition coefficient (Wildman–Crippen LogP) is 6.86. The van der Waals surface area contributed by atoms with Crippen molar-refractivity contribution in [2.24, 2.45) is 11.7 Å². The van der Waals surface area contributed by atoms with Gasteiger partial charge in [-0.1, -0.05) is 55.1 Å². The Labute approximate surface area is 214 Å². The van der Waals surface area contributed by atoms with E-state index in [0.717, 1.165) is 60.7 Å². The zero-order valence-corrected chi connectivity index (χ0v) is 21.4. The van der Waals surface area contributed by atoms with E-state index in [2.05, 4.69) is 40.3 Å². The number of aromatic nitrogens is 1. The Morgan fingerprint density at radius 2 is 1.77 bits per heavy atom. The predicted molar refractivity (Wildman–Crippen MR) is 146 cm³/mol. The molecule has 5 heteroatoms. The standard InChI is InChI=1S/C30H38ClN3O/c31-28-9-5-4-8-26(28)22-10-16-29-27(18-22)23(20-34(29)19-21-6-2-1-3-7-21)11-17-30(35)33-25-14-12-24(32)13-15-25/h4-5,8-10,16,18,20-21,24-25H,1-3,6-7,11-15,17,19,32H2,(H,33,35). The van der Waals surface area contributed by atoms with Crippen LogP contribution < -0.4 is 11.1 Å². The molecule has 0 spiro atoms. The summed E-state index contributed by atoms with van der Waals surface area (Å²) in [5, 5.41) is 5.27. The molecule has 2 saturated carbocycles. The first-order valence-corrected chi connectivity index (χ1v) is 13.9. The normalized spacial score (nSPS) is 21.3. The minimum Gasteiger partial charge on any atom is -0.353 e. The minimum atomic E-state index is 0.154. The van der Waals surface area contributed by atoms with Crippen molar-refractivity contribution in [3.63, 3.8) is 0 Å². The molecule has 1 heterocycles. The third-order valence-electron chi connectivity index (χ3n) is 8.09. The van der Waals surface area contributed by atoms with E-state index in [0.29, 0.717) is 12.5 Å². The van der Waals surface area contributed by atoms with E-state index in [1.54, 1.807) is 0 Å². The number of carbonyl (C=O) groups excluding carboxylic acids is 1. The molecule has 0 aliphatic heterocycles. The second-order valence-corrected chi connectivity index (χ2v) is 11.1.